The summed E-state index contributed by atoms with van der Waals surface area (Å²) in [4.78, 5) is 0. The molecule has 0 bridgehead atoms. The second-order valence-electron chi connectivity index (χ2n) is 14.7. The van der Waals surface area contributed by atoms with Crippen molar-refractivity contribution in [2.75, 3.05) is 0 Å². The molecule has 9 rings (SSSR count). The quantitative estimate of drug-likeness (QED) is 0.172. The molecule has 0 aliphatic carbocycles. The first kappa shape index (κ1) is 31.3. The van der Waals surface area contributed by atoms with Gasteiger partial charge >= 0.3 is 0 Å². The van der Waals surface area contributed by atoms with Crippen LogP contribution in [0, 0.1) is 55.4 Å². The number of fused-ring (bicyclic) bond motifs is 6. The normalized spacial score (nSPS) is 11.9. The Kier molecular flexibility index (Phi) is 7.03. The number of furan rings is 1. The van der Waals surface area contributed by atoms with Gasteiger partial charge in [0.25, 0.3) is 0 Å². The Balaban J connectivity index is 1.50. The van der Waals surface area contributed by atoms with Crippen LogP contribution in [0.3, 0.4) is 0 Å². The maximum Gasteiger partial charge on any atom is 0.136 e. The highest BCUT2D eigenvalue weighted by Crippen LogP contribution is 2.52. The van der Waals surface area contributed by atoms with E-state index in [0.717, 1.165) is 16.6 Å². The Bertz CT molecular complexity index is 2850. The zero-order valence-corrected chi connectivity index (χ0v) is 30.8. The fraction of sp³-hybridized carbons (Fsp3) is 0.160. The predicted molar refractivity (Wildman–Crippen MR) is 220 cm³/mol. The van der Waals surface area contributed by atoms with Crippen molar-refractivity contribution in [2.45, 2.75) is 55.4 Å². The molecule has 0 saturated carbocycles. The molecule has 9 aromatic rings. The summed E-state index contributed by atoms with van der Waals surface area (Å²) in [6.07, 6.45) is 0. The molecule has 0 N–H and O–H groups in total. The van der Waals surface area contributed by atoms with Crippen molar-refractivity contribution in [3.63, 3.8) is 0 Å². The van der Waals surface area contributed by atoms with Crippen LogP contribution in [0.5, 0.6) is 0 Å². The van der Waals surface area contributed by atoms with Crippen LogP contribution in [0.2, 0.25) is 0 Å². The minimum Gasteiger partial charge on any atom is -0.456 e. The molecule has 0 aliphatic heterocycles. The van der Waals surface area contributed by atoms with E-state index < -0.39 is 0 Å². The molecular formula is C50H42O. The van der Waals surface area contributed by atoms with Crippen molar-refractivity contribution < 1.29 is 4.42 Å². The molecule has 0 unspecified atom stereocenters. The summed E-state index contributed by atoms with van der Waals surface area (Å²) < 4.78 is 6.51. The molecule has 8 aromatic carbocycles. The molecular weight excluding hydrogens is 617 g/mol. The summed E-state index contributed by atoms with van der Waals surface area (Å²) in [5, 5.41) is 10.3. The van der Waals surface area contributed by atoms with Gasteiger partial charge in [0, 0.05) is 10.8 Å². The van der Waals surface area contributed by atoms with Gasteiger partial charge in [-0.3, -0.25) is 0 Å². The molecule has 1 nitrogen and oxygen atoms in total. The molecule has 0 fully saturated rings. The second-order valence-corrected chi connectivity index (χ2v) is 14.7. The first-order valence-corrected chi connectivity index (χ1v) is 18.1. The van der Waals surface area contributed by atoms with E-state index in [1.165, 1.54) is 116 Å². The molecule has 51 heavy (non-hydrogen) atoms. The van der Waals surface area contributed by atoms with Crippen LogP contribution in [0.15, 0.2) is 114 Å². The summed E-state index contributed by atoms with van der Waals surface area (Å²) in [7, 11) is 0. The van der Waals surface area contributed by atoms with Crippen LogP contribution >= 0.6 is 0 Å². The van der Waals surface area contributed by atoms with Crippen LogP contribution in [0.25, 0.3) is 87.6 Å². The van der Waals surface area contributed by atoms with Gasteiger partial charge in [-0.1, -0.05) is 84.9 Å². The number of hydrogen-bond donors (Lipinski definition) is 0. The molecule has 248 valence electrons. The molecule has 0 aliphatic rings. The maximum atomic E-state index is 6.51. The highest BCUT2D eigenvalue weighted by molar-refractivity contribution is 6.28. The van der Waals surface area contributed by atoms with Crippen LogP contribution in [0.1, 0.15) is 44.5 Å². The van der Waals surface area contributed by atoms with Crippen LogP contribution in [-0.4, -0.2) is 0 Å². The van der Waals surface area contributed by atoms with Crippen molar-refractivity contribution in [3.8, 4) is 33.4 Å². The van der Waals surface area contributed by atoms with Gasteiger partial charge in [-0.15, -0.1) is 0 Å². The highest BCUT2D eigenvalue weighted by Gasteiger charge is 2.27. The number of aryl methyl sites for hydroxylation is 4. The van der Waals surface area contributed by atoms with Crippen LogP contribution < -0.4 is 0 Å². The van der Waals surface area contributed by atoms with Crippen molar-refractivity contribution >= 4 is 54.3 Å². The van der Waals surface area contributed by atoms with E-state index in [0.29, 0.717) is 0 Å². The van der Waals surface area contributed by atoms with E-state index in [9.17, 15) is 0 Å². The zero-order valence-electron chi connectivity index (χ0n) is 30.8. The summed E-state index contributed by atoms with van der Waals surface area (Å²) in [6.45, 7) is 18.6. The molecule has 0 spiro atoms. The third kappa shape index (κ3) is 4.47. The largest absolute Gasteiger partial charge is 0.456 e. The standard InChI is InChI=1S/C50H42O/c1-27-29(3)33(7)46-44(31(27)5)48(39-18-13-17-37(26-39)38-24-23-35-15-9-10-16-36(35)25-38)45-32(6)28(2)30(4)34(8)47(45)50(46)41-20-14-22-43-49(41)40-19-11-12-21-42(40)51-43/h9-26H,1-8H3. The number of benzene rings is 8. The monoisotopic (exact) mass is 658 g/mol. The Morgan fingerprint density at radius 2 is 0.843 bits per heavy atom. The van der Waals surface area contributed by atoms with Gasteiger partial charge in [0.05, 0.1) is 0 Å². The minimum absolute atomic E-state index is 0.926. The lowest BCUT2D eigenvalue weighted by molar-refractivity contribution is 0.669. The van der Waals surface area contributed by atoms with Crippen LogP contribution in [0.4, 0.5) is 0 Å². The Labute approximate surface area is 300 Å². The topological polar surface area (TPSA) is 13.1 Å². The van der Waals surface area contributed by atoms with Crippen molar-refractivity contribution in [2.24, 2.45) is 0 Å². The van der Waals surface area contributed by atoms with Crippen molar-refractivity contribution in [1.82, 2.24) is 0 Å². The van der Waals surface area contributed by atoms with Gasteiger partial charge in [-0.05, 0) is 190 Å². The maximum absolute atomic E-state index is 6.51. The minimum atomic E-state index is 0.926. The summed E-state index contributed by atoms with van der Waals surface area (Å²) >= 11 is 0. The Morgan fingerprint density at radius 3 is 1.51 bits per heavy atom. The van der Waals surface area contributed by atoms with E-state index in [1.54, 1.807) is 0 Å². The second kappa shape index (κ2) is 11.4. The number of hydrogen-bond acceptors (Lipinski definition) is 1. The number of rotatable bonds is 3. The van der Waals surface area contributed by atoms with Gasteiger partial charge in [0.15, 0.2) is 0 Å². The Hall–Kier alpha value is -5.66. The summed E-state index contributed by atoms with van der Waals surface area (Å²) in [5.41, 5.74) is 20.3. The van der Waals surface area contributed by atoms with Gasteiger partial charge in [0.1, 0.15) is 11.2 Å². The lowest BCUT2D eigenvalue weighted by Gasteiger charge is -2.27. The van der Waals surface area contributed by atoms with Gasteiger partial charge in [0.2, 0.25) is 0 Å². The third-order valence-electron chi connectivity index (χ3n) is 12.3. The highest BCUT2D eigenvalue weighted by atomic mass is 16.3. The predicted octanol–water partition coefficient (Wildman–Crippen LogP) is 14.5. The fourth-order valence-corrected chi connectivity index (χ4v) is 8.89. The zero-order chi connectivity index (χ0) is 35.3. The lowest BCUT2D eigenvalue weighted by Crippen LogP contribution is -2.04. The summed E-state index contributed by atoms with van der Waals surface area (Å²) in [6, 6.07) is 39.9. The van der Waals surface area contributed by atoms with Crippen molar-refractivity contribution in [1.29, 1.82) is 0 Å². The van der Waals surface area contributed by atoms with Gasteiger partial charge < -0.3 is 4.42 Å². The van der Waals surface area contributed by atoms with Crippen molar-refractivity contribution in [3.05, 3.63) is 154 Å². The van der Waals surface area contributed by atoms with E-state index in [-0.39, 0.29) is 0 Å². The molecule has 1 aromatic heterocycles. The van der Waals surface area contributed by atoms with E-state index >= 15 is 0 Å². The van der Waals surface area contributed by atoms with Crippen LogP contribution in [-0.2, 0) is 0 Å². The molecule has 0 radical (unpaired) electrons. The first-order chi connectivity index (χ1) is 24.7. The average molecular weight is 659 g/mol. The Morgan fingerprint density at radius 1 is 0.333 bits per heavy atom. The van der Waals surface area contributed by atoms with Gasteiger partial charge in [-0.2, -0.15) is 0 Å². The number of para-hydroxylation sites is 1. The first-order valence-electron chi connectivity index (χ1n) is 18.1. The average Bonchev–Trinajstić information content (AvgIpc) is 3.55. The molecule has 0 amide bonds. The van der Waals surface area contributed by atoms with E-state index in [4.69, 9.17) is 4.42 Å². The smallest absolute Gasteiger partial charge is 0.136 e. The fourth-order valence-electron chi connectivity index (χ4n) is 8.89. The lowest BCUT2D eigenvalue weighted by atomic mass is 9.76. The van der Waals surface area contributed by atoms with Gasteiger partial charge in [-0.25, -0.2) is 0 Å². The third-order valence-corrected chi connectivity index (χ3v) is 12.3. The van der Waals surface area contributed by atoms with E-state index in [1.807, 2.05) is 0 Å². The van der Waals surface area contributed by atoms with E-state index in [2.05, 4.69) is 165 Å². The SMILES string of the molecule is Cc1c(C)c(C)c2c(-c3cccc4oc5ccccc5c34)c3c(C)c(C)c(C)c(C)c3c(-c3cccc(-c4ccc5ccccc5c4)c3)c2c1C. The molecule has 0 atom stereocenters. The molecule has 1 heteroatoms. The molecule has 0 saturated heterocycles. The summed E-state index contributed by atoms with van der Waals surface area (Å²) in [5.74, 6) is 0. The molecule has 1 heterocycles.